The van der Waals surface area contributed by atoms with E-state index >= 15 is 0 Å². The molecule has 10 heteroatoms. The van der Waals surface area contributed by atoms with E-state index in [1.807, 2.05) is 6.07 Å². The number of nitrogens with zero attached hydrogens (tertiary/aromatic N) is 4. The number of benzene rings is 1. The number of nitro groups is 1. The number of thiophene rings is 1. The van der Waals surface area contributed by atoms with Gasteiger partial charge in [-0.15, -0.1) is 21.5 Å². The van der Waals surface area contributed by atoms with E-state index in [1.54, 1.807) is 30.4 Å². The molecule has 0 atom stereocenters. The number of rotatable bonds is 8. The number of amides is 1. The van der Waals surface area contributed by atoms with Crippen LogP contribution in [0.15, 0.2) is 40.9 Å². The smallest absolute Gasteiger partial charge is 0.293 e. The van der Waals surface area contributed by atoms with Crippen LogP contribution >= 0.6 is 23.1 Å². The van der Waals surface area contributed by atoms with Gasteiger partial charge in [0.25, 0.3) is 5.69 Å². The second-order valence-electron chi connectivity index (χ2n) is 7.93. The van der Waals surface area contributed by atoms with Crippen LogP contribution in [0, 0.1) is 17.0 Å². The Morgan fingerprint density at radius 1 is 1.28 bits per heavy atom. The maximum absolute atomic E-state index is 12.6. The molecule has 0 saturated heterocycles. The van der Waals surface area contributed by atoms with Crippen molar-refractivity contribution < 1.29 is 9.72 Å². The summed E-state index contributed by atoms with van der Waals surface area (Å²) in [5.41, 5.74) is 0.869. The predicted octanol–water partition coefficient (Wildman–Crippen LogP) is 5.38. The van der Waals surface area contributed by atoms with Gasteiger partial charge < -0.3 is 9.88 Å². The SMILES string of the molecule is Cc1ccc(NC(=O)CSc2nnc(Cc3cccs3)n2C2CCCCC2)c([N+](=O)[O-])c1. The minimum Gasteiger partial charge on any atom is -0.320 e. The fourth-order valence-electron chi connectivity index (χ4n) is 4.02. The van der Waals surface area contributed by atoms with Crippen LogP contribution in [0.1, 0.15) is 54.4 Å². The van der Waals surface area contributed by atoms with Crippen LogP contribution in [-0.2, 0) is 11.2 Å². The average molecular weight is 472 g/mol. The third-order valence-corrected chi connectivity index (χ3v) is 7.36. The van der Waals surface area contributed by atoms with Gasteiger partial charge >= 0.3 is 0 Å². The number of hydrogen-bond acceptors (Lipinski definition) is 7. The topological polar surface area (TPSA) is 103 Å². The first-order chi connectivity index (χ1) is 15.5. The summed E-state index contributed by atoms with van der Waals surface area (Å²) in [5.74, 6) is 0.728. The van der Waals surface area contributed by atoms with Crippen LogP contribution in [0.3, 0.4) is 0 Å². The van der Waals surface area contributed by atoms with Gasteiger partial charge in [-0.2, -0.15) is 0 Å². The van der Waals surface area contributed by atoms with Crippen molar-refractivity contribution in [3.05, 3.63) is 62.1 Å². The minimum atomic E-state index is -0.480. The van der Waals surface area contributed by atoms with Crippen molar-refractivity contribution in [2.75, 3.05) is 11.1 Å². The van der Waals surface area contributed by atoms with Crippen molar-refractivity contribution >= 4 is 40.4 Å². The lowest BCUT2D eigenvalue weighted by molar-refractivity contribution is -0.384. The molecule has 0 unspecified atom stereocenters. The molecule has 0 radical (unpaired) electrons. The monoisotopic (exact) mass is 471 g/mol. The highest BCUT2D eigenvalue weighted by Gasteiger charge is 2.24. The number of nitro benzene ring substituents is 1. The number of hydrogen-bond donors (Lipinski definition) is 1. The Labute approximate surface area is 194 Å². The fraction of sp³-hybridized carbons (Fsp3) is 0.409. The van der Waals surface area contributed by atoms with Crippen LogP contribution in [0.4, 0.5) is 11.4 Å². The molecule has 1 aliphatic carbocycles. The Bertz CT molecular complexity index is 1090. The molecule has 2 aromatic heterocycles. The summed E-state index contributed by atoms with van der Waals surface area (Å²) in [6.07, 6.45) is 6.52. The van der Waals surface area contributed by atoms with Crippen molar-refractivity contribution in [3.8, 4) is 0 Å². The molecule has 1 saturated carbocycles. The number of carbonyl (C=O) groups is 1. The summed E-state index contributed by atoms with van der Waals surface area (Å²) in [4.78, 5) is 24.7. The molecular weight excluding hydrogens is 446 g/mol. The summed E-state index contributed by atoms with van der Waals surface area (Å²) in [7, 11) is 0. The molecule has 0 bridgehead atoms. The standard InChI is InChI=1S/C22H25N5O3S2/c1-15-9-10-18(19(12-15)27(29)30)23-21(28)14-32-22-25-24-20(13-17-8-5-11-31-17)26(22)16-6-3-2-4-7-16/h5,8-12,16H,2-4,6-7,13-14H2,1H3,(H,23,28). The van der Waals surface area contributed by atoms with Gasteiger partial charge in [0.1, 0.15) is 11.5 Å². The molecule has 1 N–H and O–H groups in total. The number of aryl methyl sites for hydroxylation is 1. The predicted molar refractivity (Wildman–Crippen MR) is 126 cm³/mol. The summed E-state index contributed by atoms with van der Waals surface area (Å²) in [6.45, 7) is 1.78. The molecule has 1 aliphatic rings. The summed E-state index contributed by atoms with van der Waals surface area (Å²) < 4.78 is 2.21. The van der Waals surface area contributed by atoms with Gasteiger partial charge in [0.05, 0.1) is 10.7 Å². The van der Waals surface area contributed by atoms with E-state index in [4.69, 9.17) is 0 Å². The van der Waals surface area contributed by atoms with Gasteiger partial charge in [-0.3, -0.25) is 14.9 Å². The quantitative estimate of drug-likeness (QED) is 0.269. The maximum atomic E-state index is 12.6. The van der Waals surface area contributed by atoms with Gasteiger partial charge in [-0.25, -0.2) is 0 Å². The Hall–Kier alpha value is -2.72. The van der Waals surface area contributed by atoms with E-state index in [9.17, 15) is 14.9 Å². The summed E-state index contributed by atoms with van der Waals surface area (Å²) in [5, 5.41) is 25.6. The van der Waals surface area contributed by atoms with Gasteiger partial charge in [0.15, 0.2) is 5.16 Å². The molecule has 2 heterocycles. The first-order valence-corrected chi connectivity index (χ1v) is 12.5. The summed E-state index contributed by atoms with van der Waals surface area (Å²) >= 11 is 3.03. The average Bonchev–Trinajstić information content (AvgIpc) is 3.44. The highest BCUT2D eigenvalue weighted by Crippen LogP contribution is 2.34. The van der Waals surface area contributed by atoms with Crippen LogP contribution in [0.2, 0.25) is 0 Å². The molecule has 1 aromatic carbocycles. The highest BCUT2D eigenvalue weighted by molar-refractivity contribution is 7.99. The number of anilines is 1. The first kappa shape index (κ1) is 22.5. The lowest BCUT2D eigenvalue weighted by Gasteiger charge is -2.25. The van der Waals surface area contributed by atoms with Crippen molar-refractivity contribution in [2.45, 2.75) is 56.6 Å². The van der Waals surface area contributed by atoms with Crippen molar-refractivity contribution in [1.82, 2.24) is 14.8 Å². The highest BCUT2D eigenvalue weighted by atomic mass is 32.2. The zero-order chi connectivity index (χ0) is 22.5. The molecule has 1 amide bonds. The Morgan fingerprint density at radius 2 is 2.09 bits per heavy atom. The Kier molecular flexibility index (Phi) is 7.21. The van der Waals surface area contributed by atoms with E-state index in [1.165, 1.54) is 42.0 Å². The second-order valence-corrected chi connectivity index (χ2v) is 9.91. The molecule has 3 aromatic rings. The van der Waals surface area contributed by atoms with Crippen molar-refractivity contribution in [2.24, 2.45) is 0 Å². The molecule has 32 heavy (non-hydrogen) atoms. The van der Waals surface area contributed by atoms with Gasteiger partial charge in [-0.05, 0) is 42.8 Å². The largest absolute Gasteiger partial charge is 0.320 e. The fourth-order valence-corrected chi connectivity index (χ4v) is 5.54. The maximum Gasteiger partial charge on any atom is 0.293 e. The lowest BCUT2D eigenvalue weighted by Crippen LogP contribution is -2.18. The normalized spacial score (nSPS) is 14.4. The number of carbonyl (C=O) groups excluding carboxylic acids is 1. The van der Waals surface area contributed by atoms with Crippen molar-refractivity contribution in [1.29, 1.82) is 0 Å². The molecule has 0 aliphatic heterocycles. The molecular formula is C22H25N5O3S2. The van der Waals surface area contributed by atoms with E-state index in [2.05, 4.69) is 31.5 Å². The first-order valence-electron chi connectivity index (χ1n) is 10.6. The second kappa shape index (κ2) is 10.3. The third-order valence-electron chi connectivity index (χ3n) is 5.54. The number of thioether (sulfide) groups is 1. The van der Waals surface area contributed by atoms with Gasteiger partial charge in [0, 0.05) is 23.4 Å². The zero-order valence-corrected chi connectivity index (χ0v) is 19.5. The van der Waals surface area contributed by atoms with E-state index in [-0.39, 0.29) is 23.0 Å². The van der Waals surface area contributed by atoms with Crippen molar-refractivity contribution in [3.63, 3.8) is 0 Å². The third kappa shape index (κ3) is 5.36. The Morgan fingerprint density at radius 3 is 2.81 bits per heavy atom. The molecule has 168 valence electrons. The van der Waals surface area contributed by atoms with Crippen LogP contribution < -0.4 is 5.32 Å². The molecule has 0 spiro atoms. The summed E-state index contributed by atoms with van der Waals surface area (Å²) in [6, 6.07) is 9.24. The van der Waals surface area contributed by atoms with Crippen LogP contribution in [-0.4, -0.2) is 31.3 Å². The van der Waals surface area contributed by atoms with Crippen LogP contribution in [0.25, 0.3) is 0 Å². The minimum absolute atomic E-state index is 0.105. The number of nitrogens with one attached hydrogen (secondary N) is 1. The van der Waals surface area contributed by atoms with E-state index in [0.29, 0.717) is 6.04 Å². The number of aromatic nitrogens is 3. The van der Waals surface area contributed by atoms with Gasteiger partial charge in [0.2, 0.25) is 5.91 Å². The van der Waals surface area contributed by atoms with Gasteiger partial charge in [-0.1, -0.05) is 43.2 Å². The molecule has 4 rings (SSSR count). The van der Waals surface area contributed by atoms with Crippen LogP contribution in [0.5, 0.6) is 0 Å². The van der Waals surface area contributed by atoms with E-state index < -0.39 is 4.92 Å². The Balaban J connectivity index is 1.48. The molecule has 8 nitrogen and oxygen atoms in total. The molecule has 1 fully saturated rings. The zero-order valence-electron chi connectivity index (χ0n) is 17.8. The van der Waals surface area contributed by atoms with E-state index in [0.717, 1.165) is 35.8 Å². The lowest BCUT2D eigenvalue weighted by atomic mass is 9.95.